The number of carbonyl (C=O) groups excluding carboxylic acids is 2. The maximum Gasteiger partial charge on any atom is 0.240 e. The number of nitrogens with zero attached hydrogens (tertiary/aromatic N) is 1. The van der Waals surface area contributed by atoms with Crippen LogP contribution in [0.15, 0.2) is 59.6 Å². The highest BCUT2D eigenvalue weighted by molar-refractivity contribution is 8.15. The Bertz CT molecular complexity index is 822. The molecule has 0 saturated carbocycles. The number of thioether (sulfide) groups is 1. The van der Waals surface area contributed by atoms with Gasteiger partial charge in [0, 0.05) is 18.7 Å². The maximum atomic E-state index is 12.2. The van der Waals surface area contributed by atoms with Crippen LogP contribution in [-0.4, -0.2) is 28.8 Å². The van der Waals surface area contributed by atoms with Gasteiger partial charge in [-0.2, -0.15) is 0 Å². The molecule has 6 nitrogen and oxygen atoms in total. The van der Waals surface area contributed by atoms with Crippen molar-refractivity contribution in [3.05, 3.63) is 54.6 Å². The summed E-state index contributed by atoms with van der Waals surface area (Å²) in [6, 6.07) is 16.6. The van der Waals surface area contributed by atoms with Crippen molar-refractivity contribution in [2.24, 2.45) is 4.99 Å². The van der Waals surface area contributed by atoms with Crippen LogP contribution in [0.5, 0.6) is 11.5 Å². The van der Waals surface area contributed by atoms with Crippen molar-refractivity contribution in [2.75, 3.05) is 11.9 Å². The van der Waals surface area contributed by atoms with E-state index >= 15 is 0 Å². The third kappa shape index (κ3) is 5.59. The van der Waals surface area contributed by atoms with E-state index in [0.29, 0.717) is 23.1 Å². The fraction of sp³-hybridized carbons (Fsp3) is 0.250. The van der Waals surface area contributed by atoms with Gasteiger partial charge < -0.3 is 15.4 Å². The minimum atomic E-state index is -0.443. The van der Waals surface area contributed by atoms with Crippen LogP contribution in [0.1, 0.15) is 19.8 Å². The zero-order valence-corrected chi connectivity index (χ0v) is 15.8. The second-order valence-corrected chi connectivity index (χ2v) is 7.17. The first kappa shape index (κ1) is 19.0. The molecule has 0 aromatic heterocycles. The van der Waals surface area contributed by atoms with E-state index in [0.717, 1.165) is 12.2 Å². The topological polar surface area (TPSA) is 79.8 Å². The molecule has 1 atom stereocenters. The number of anilines is 1. The molecule has 1 aliphatic rings. The van der Waals surface area contributed by atoms with Crippen LogP contribution in [0.4, 0.5) is 5.69 Å². The van der Waals surface area contributed by atoms with Crippen LogP contribution in [0.3, 0.4) is 0 Å². The Hall–Kier alpha value is -2.80. The molecule has 27 heavy (non-hydrogen) atoms. The van der Waals surface area contributed by atoms with Crippen molar-refractivity contribution in [1.82, 2.24) is 5.32 Å². The molecule has 0 radical (unpaired) electrons. The Morgan fingerprint density at radius 2 is 1.85 bits per heavy atom. The second kappa shape index (κ2) is 9.23. The molecule has 140 valence electrons. The summed E-state index contributed by atoms with van der Waals surface area (Å²) in [5, 5.41) is 5.68. The van der Waals surface area contributed by atoms with Crippen LogP contribution in [0.25, 0.3) is 0 Å². The molecule has 3 rings (SSSR count). The lowest BCUT2D eigenvalue weighted by molar-refractivity contribution is -0.122. The summed E-state index contributed by atoms with van der Waals surface area (Å²) in [6.45, 7) is 2.69. The number of rotatable bonds is 7. The molecule has 1 saturated heterocycles. The minimum Gasteiger partial charge on any atom is -0.457 e. The van der Waals surface area contributed by atoms with Crippen LogP contribution in [0.2, 0.25) is 0 Å². The van der Waals surface area contributed by atoms with Crippen molar-refractivity contribution >= 4 is 34.4 Å². The van der Waals surface area contributed by atoms with Gasteiger partial charge in [0.15, 0.2) is 5.17 Å². The molecule has 2 aromatic rings. The van der Waals surface area contributed by atoms with E-state index in [1.165, 1.54) is 11.8 Å². The van der Waals surface area contributed by atoms with Gasteiger partial charge in [-0.3, -0.25) is 14.6 Å². The van der Waals surface area contributed by atoms with Crippen molar-refractivity contribution in [3.63, 3.8) is 0 Å². The van der Waals surface area contributed by atoms with Gasteiger partial charge in [0.1, 0.15) is 16.7 Å². The first-order valence-corrected chi connectivity index (χ1v) is 9.67. The molecule has 1 fully saturated rings. The maximum absolute atomic E-state index is 12.2. The second-order valence-electron chi connectivity index (χ2n) is 5.97. The number of benzene rings is 2. The predicted octanol–water partition coefficient (Wildman–Crippen LogP) is 3.81. The van der Waals surface area contributed by atoms with Crippen LogP contribution < -0.4 is 15.4 Å². The Balaban J connectivity index is 1.51. The Morgan fingerprint density at radius 3 is 2.56 bits per heavy atom. The number of para-hydroxylation sites is 1. The molecule has 2 N–H and O–H groups in total. The van der Waals surface area contributed by atoms with E-state index in [9.17, 15) is 9.59 Å². The average Bonchev–Trinajstić information content (AvgIpc) is 3.02. The number of nitrogens with one attached hydrogen (secondary N) is 2. The molecule has 0 spiro atoms. The highest BCUT2D eigenvalue weighted by Gasteiger charge is 2.31. The van der Waals surface area contributed by atoms with Gasteiger partial charge in [0.2, 0.25) is 11.8 Å². The zero-order valence-electron chi connectivity index (χ0n) is 15.0. The van der Waals surface area contributed by atoms with Crippen LogP contribution in [0, 0.1) is 0 Å². The first-order valence-electron chi connectivity index (χ1n) is 8.79. The zero-order chi connectivity index (χ0) is 19.1. The van der Waals surface area contributed by atoms with Gasteiger partial charge in [-0.15, -0.1) is 0 Å². The molecule has 2 amide bonds. The van der Waals surface area contributed by atoms with Crippen molar-refractivity contribution in [2.45, 2.75) is 25.0 Å². The van der Waals surface area contributed by atoms with E-state index in [1.807, 2.05) is 37.3 Å². The quantitative estimate of drug-likeness (QED) is 0.762. The number of amides is 2. The van der Waals surface area contributed by atoms with Gasteiger partial charge in [-0.1, -0.05) is 36.9 Å². The summed E-state index contributed by atoms with van der Waals surface area (Å²) in [5.74, 6) is 1.05. The van der Waals surface area contributed by atoms with Crippen molar-refractivity contribution < 1.29 is 14.3 Å². The van der Waals surface area contributed by atoms with E-state index in [-0.39, 0.29) is 18.2 Å². The molecule has 0 aliphatic carbocycles. The Labute approximate surface area is 162 Å². The lowest BCUT2D eigenvalue weighted by atomic mass is 10.2. The lowest BCUT2D eigenvalue weighted by Gasteiger charge is -2.09. The average molecular weight is 383 g/mol. The van der Waals surface area contributed by atoms with Gasteiger partial charge in [-0.25, -0.2) is 0 Å². The summed E-state index contributed by atoms with van der Waals surface area (Å²) in [4.78, 5) is 28.5. The predicted molar refractivity (Wildman–Crippen MR) is 108 cm³/mol. The Kier molecular flexibility index (Phi) is 6.49. The Morgan fingerprint density at radius 1 is 1.15 bits per heavy atom. The number of amidine groups is 1. The standard InChI is InChI=1S/C20H21N3O3S/c1-2-12-21-20-23-19(25)17(27-20)13-18(24)22-14-8-10-16(11-9-14)26-15-6-4-3-5-7-15/h3-11,17H,2,12-13H2,1H3,(H,22,24)(H,21,23,25)/t17-/m1/s1. The smallest absolute Gasteiger partial charge is 0.240 e. The van der Waals surface area contributed by atoms with Gasteiger partial charge in [0.05, 0.1) is 0 Å². The lowest BCUT2D eigenvalue weighted by Crippen LogP contribution is -2.28. The normalized spacial score (nSPS) is 17.6. The summed E-state index contributed by atoms with van der Waals surface area (Å²) in [6.07, 6.45) is 1.01. The summed E-state index contributed by atoms with van der Waals surface area (Å²) in [5.41, 5.74) is 0.656. The summed E-state index contributed by atoms with van der Waals surface area (Å²) >= 11 is 1.31. The highest BCUT2D eigenvalue weighted by atomic mass is 32.2. The van der Waals surface area contributed by atoms with E-state index in [2.05, 4.69) is 15.6 Å². The third-order valence-corrected chi connectivity index (χ3v) is 4.86. The van der Waals surface area contributed by atoms with Crippen LogP contribution in [-0.2, 0) is 9.59 Å². The molecular formula is C20H21N3O3S. The van der Waals surface area contributed by atoms with Crippen molar-refractivity contribution in [1.29, 1.82) is 0 Å². The summed E-state index contributed by atoms with van der Waals surface area (Å²) in [7, 11) is 0. The molecule has 1 aliphatic heterocycles. The van der Waals surface area contributed by atoms with Crippen molar-refractivity contribution in [3.8, 4) is 11.5 Å². The first-order chi connectivity index (χ1) is 13.1. The number of carbonyl (C=O) groups is 2. The van der Waals surface area contributed by atoms with E-state index < -0.39 is 5.25 Å². The van der Waals surface area contributed by atoms with Crippen LogP contribution >= 0.6 is 11.8 Å². The molecule has 7 heteroatoms. The molecule has 0 bridgehead atoms. The monoisotopic (exact) mass is 383 g/mol. The summed E-state index contributed by atoms with van der Waals surface area (Å²) < 4.78 is 5.72. The van der Waals surface area contributed by atoms with E-state index in [4.69, 9.17) is 4.74 Å². The molecular weight excluding hydrogens is 362 g/mol. The minimum absolute atomic E-state index is 0.101. The fourth-order valence-corrected chi connectivity index (χ4v) is 3.43. The third-order valence-electron chi connectivity index (χ3n) is 3.74. The van der Waals surface area contributed by atoms with E-state index in [1.54, 1.807) is 24.3 Å². The van der Waals surface area contributed by atoms with Gasteiger partial charge in [0.25, 0.3) is 0 Å². The number of ether oxygens (including phenoxy) is 1. The largest absolute Gasteiger partial charge is 0.457 e. The van der Waals surface area contributed by atoms with Gasteiger partial charge in [-0.05, 0) is 42.8 Å². The molecule has 0 unspecified atom stereocenters. The van der Waals surface area contributed by atoms with Gasteiger partial charge >= 0.3 is 0 Å². The SMILES string of the molecule is CCCN=C1NC(=O)[C@@H](CC(=O)Nc2ccc(Oc3ccccc3)cc2)S1. The highest BCUT2D eigenvalue weighted by Crippen LogP contribution is 2.25. The number of hydrogen-bond acceptors (Lipinski definition) is 5. The molecule has 2 aromatic carbocycles. The number of aliphatic imine (C=N–C) groups is 1. The fourth-order valence-electron chi connectivity index (χ4n) is 2.44. The molecule has 1 heterocycles. The number of hydrogen-bond donors (Lipinski definition) is 2.